The molecule has 140 valence electrons. The lowest BCUT2D eigenvalue weighted by atomic mass is 10.2. The normalized spacial score (nSPS) is 10.8. The highest BCUT2D eigenvalue weighted by atomic mass is 79.9. The van der Waals surface area contributed by atoms with Crippen molar-refractivity contribution in [3.8, 4) is 11.5 Å². The van der Waals surface area contributed by atoms with Gasteiger partial charge in [-0.25, -0.2) is 8.78 Å². The fourth-order valence-corrected chi connectivity index (χ4v) is 3.26. The highest BCUT2D eigenvalue weighted by Crippen LogP contribution is 2.21. The summed E-state index contributed by atoms with van der Waals surface area (Å²) in [5, 5.41) is 7.56. The van der Waals surface area contributed by atoms with Gasteiger partial charge in [0.2, 0.25) is 5.89 Å². The number of thioether (sulfide) groups is 1. The van der Waals surface area contributed by atoms with Gasteiger partial charge in [0.1, 0.15) is 11.6 Å². The van der Waals surface area contributed by atoms with Crippen LogP contribution in [0, 0.1) is 11.6 Å². The highest BCUT2D eigenvalue weighted by molar-refractivity contribution is 9.10. The SMILES string of the molecule is O=C(CSCc1ccc(Br)cc1F)OCc1nnc(-c2cccc(F)c2)o1. The second kappa shape index (κ2) is 9.09. The molecule has 2 aromatic carbocycles. The molecule has 0 N–H and O–H groups in total. The summed E-state index contributed by atoms with van der Waals surface area (Å²) in [6.07, 6.45) is 0. The van der Waals surface area contributed by atoms with Gasteiger partial charge < -0.3 is 9.15 Å². The van der Waals surface area contributed by atoms with Crippen molar-refractivity contribution in [1.82, 2.24) is 10.2 Å². The molecule has 5 nitrogen and oxygen atoms in total. The van der Waals surface area contributed by atoms with Crippen molar-refractivity contribution < 1.29 is 22.7 Å². The Kier molecular flexibility index (Phi) is 6.57. The number of halogens is 3. The van der Waals surface area contributed by atoms with Crippen molar-refractivity contribution in [2.45, 2.75) is 12.4 Å². The number of aromatic nitrogens is 2. The van der Waals surface area contributed by atoms with E-state index in [2.05, 4.69) is 26.1 Å². The molecule has 0 saturated heterocycles. The van der Waals surface area contributed by atoms with Crippen molar-refractivity contribution in [1.29, 1.82) is 0 Å². The smallest absolute Gasteiger partial charge is 0.316 e. The van der Waals surface area contributed by atoms with Crippen LogP contribution in [0.4, 0.5) is 8.78 Å². The van der Waals surface area contributed by atoms with Crippen LogP contribution >= 0.6 is 27.7 Å². The van der Waals surface area contributed by atoms with Crippen LogP contribution in [-0.2, 0) is 21.9 Å². The summed E-state index contributed by atoms with van der Waals surface area (Å²) in [5.74, 6) is -0.590. The molecule has 3 rings (SSSR count). The maximum absolute atomic E-state index is 13.7. The Morgan fingerprint density at radius 3 is 2.81 bits per heavy atom. The molecule has 0 bridgehead atoms. The number of carbonyl (C=O) groups excluding carboxylic acids is 1. The molecular formula is C18H13BrF2N2O3S. The van der Waals surface area contributed by atoms with E-state index in [9.17, 15) is 13.6 Å². The van der Waals surface area contributed by atoms with Crippen molar-refractivity contribution >= 4 is 33.7 Å². The fourth-order valence-electron chi connectivity index (χ4n) is 2.12. The molecule has 3 aromatic rings. The van der Waals surface area contributed by atoms with Crippen LogP contribution in [0.1, 0.15) is 11.5 Å². The van der Waals surface area contributed by atoms with E-state index in [1.165, 1.54) is 36.0 Å². The molecule has 0 fully saturated rings. The molecule has 1 heterocycles. The van der Waals surface area contributed by atoms with Crippen molar-refractivity contribution in [2.24, 2.45) is 0 Å². The number of hydrogen-bond donors (Lipinski definition) is 0. The third-order valence-electron chi connectivity index (χ3n) is 3.39. The van der Waals surface area contributed by atoms with Crippen LogP contribution in [0.25, 0.3) is 11.5 Å². The number of rotatable bonds is 7. The fraction of sp³-hybridized carbons (Fsp3) is 0.167. The first-order chi connectivity index (χ1) is 13.0. The summed E-state index contributed by atoms with van der Waals surface area (Å²) in [7, 11) is 0. The van der Waals surface area contributed by atoms with Crippen molar-refractivity contribution in [3.05, 3.63) is 70.0 Å². The zero-order chi connectivity index (χ0) is 19.2. The Balaban J connectivity index is 1.45. The van der Waals surface area contributed by atoms with E-state index in [1.54, 1.807) is 18.2 Å². The molecule has 0 amide bonds. The second-order valence-electron chi connectivity index (χ2n) is 5.40. The minimum Gasteiger partial charge on any atom is -0.455 e. The van der Waals surface area contributed by atoms with Gasteiger partial charge in [-0.1, -0.05) is 28.1 Å². The van der Waals surface area contributed by atoms with Gasteiger partial charge in [-0.3, -0.25) is 4.79 Å². The quantitative estimate of drug-likeness (QED) is 0.479. The lowest BCUT2D eigenvalue weighted by molar-refractivity contribution is -0.142. The van der Waals surface area contributed by atoms with E-state index in [1.807, 2.05) is 0 Å². The first-order valence-electron chi connectivity index (χ1n) is 7.77. The molecular weight excluding hydrogens is 442 g/mol. The minimum atomic E-state index is -0.483. The van der Waals surface area contributed by atoms with Crippen LogP contribution in [0.2, 0.25) is 0 Å². The molecule has 9 heteroatoms. The lowest BCUT2D eigenvalue weighted by Crippen LogP contribution is -2.07. The van der Waals surface area contributed by atoms with Gasteiger partial charge in [0.25, 0.3) is 5.89 Å². The minimum absolute atomic E-state index is 0.0559. The monoisotopic (exact) mass is 454 g/mol. The van der Waals surface area contributed by atoms with Crippen molar-refractivity contribution in [2.75, 3.05) is 5.75 Å². The van der Waals surface area contributed by atoms with Gasteiger partial charge in [-0.15, -0.1) is 22.0 Å². The zero-order valence-electron chi connectivity index (χ0n) is 13.8. The molecule has 27 heavy (non-hydrogen) atoms. The number of ether oxygens (including phenoxy) is 1. The maximum Gasteiger partial charge on any atom is 0.316 e. The third-order valence-corrected chi connectivity index (χ3v) is 4.84. The first-order valence-corrected chi connectivity index (χ1v) is 9.71. The summed E-state index contributed by atoms with van der Waals surface area (Å²) >= 11 is 4.43. The Bertz CT molecular complexity index is 952. The van der Waals surface area contributed by atoms with Gasteiger partial charge >= 0.3 is 5.97 Å². The predicted octanol–water partition coefficient (Wildman–Crippen LogP) is 4.75. The molecule has 0 spiro atoms. The van der Waals surface area contributed by atoms with Gasteiger partial charge in [0, 0.05) is 15.8 Å². The Labute approximate surface area is 166 Å². The topological polar surface area (TPSA) is 65.2 Å². The van der Waals surface area contributed by atoms with E-state index in [4.69, 9.17) is 9.15 Å². The highest BCUT2D eigenvalue weighted by Gasteiger charge is 2.12. The molecule has 0 radical (unpaired) electrons. The Hall–Kier alpha value is -2.26. The van der Waals surface area contributed by atoms with E-state index in [0.29, 0.717) is 21.4 Å². The number of benzene rings is 2. The largest absolute Gasteiger partial charge is 0.455 e. The average molecular weight is 455 g/mol. The van der Waals surface area contributed by atoms with E-state index >= 15 is 0 Å². The summed E-state index contributed by atoms with van der Waals surface area (Å²) < 4.78 is 38.0. The molecule has 0 aliphatic carbocycles. The molecule has 0 aliphatic rings. The summed E-state index contributed by atoms with van der Waals surface area (Å²) in [4.78, 5) is 11.8. The van der Waals surface area contributed by atoms with Gasteiger partial charge in [-0.2, -0.15) is 0 Å². The summed E-state index contributed by atoms with van der Waals surface area (Å²) in [6.45, 7) is -0.186. The summed E-state index contributed by atoms with van der Waals surface area (Å²) in [5.41, 5.74) is 0.944. The number of carbonyl (C=O) groups is 1. The number of esters is 1. The lowest BCUT2D eigenvalue weighted by Gasteiger charge is -2.04. The Morgan fingerprint density at radius 1 is 1.19 bits per heavy atom. The van der Waals surface area contributed by atoms with Crippen molar-refractivity contribution in [3.63, 3.8) is 0 Å². The van der Waals surface area contributed by atoms with E-state index in [-0.39, 0.29) is 30.0 Å². The summed E-state index contributed by atoms with van der Waals surface area (Å²) in [6, 6.07) is 10.5. The molecule has 0 aliphatic heterocycles. The second-order valence-corrected chi connectivity index (χ2v) is 7.30. The van der Waals surface area contributed by atoms with Crippen LogP contribution in [0.5, 0.6) is 0 Å². The van der Waals surface area contributed by atoms with Crippen LogP contribution < -0.4 is 0 Å². The Morgan fingerprint density at radius 2 is 2.04 bits per heavy atom. The molecule has 0 atom stereocenters. The van der Waals surface area contributed by atoms with Crippen LogP contribution in [0.15, 0.2) is 51.4 Å². The maximum atomic E-state index is 13.7. The third kappa shape index (κ3) is 5.61. The average Bonchev–Trinajstić information content (AvgIpc) is 3.11. The number of nitrogens with zero attached hydrogens (tertiary/aromatic N) is 2. The molecule has 0 unspecified atom stereocenters. The number of hydrogen-bond acceptors (Lipinski definition) is 6. The predicted molar refractivity (Wildman–Crippen MR) is 99.8 cm³/mol. The van der Waals surface area contributed by atoms with Gasteiger partial charge in [0.05, 0.1) is 5.75 Å². The van der Waals surface area contributed by atoms with Gasteiger partial charge in [0.15, 0.2) is 6.61 Å². The van der Waals surface area contributed by atoms with E-state index < -0.39 is 11.8 Å². The zero-order valence-corrected chi connectivity index (χ0v) is 16.2. The first kappa shape index (κ1) is 19.5. The van der Waals surface area contributed by atoms with E-state index in [0.717, 1.165) is 0 Å². The van der Waals surface area contributed by atoms with Crippen LogP contribution in [0.3, 0.4) is 0 Å². The standard InChI is InChI=1S/C18H13BrF2N2O3S/c19-13-5-4-12(15(21)7-13)9-27-10-17(24)25-8-16-22-23-18(26-16)11-2-1-3-14(20)6-11/h1-7H,8-10H2. The molecule has 1 aromatic heterocycles. The van der Waals surface area contributed by atoms with Crippen LogP contribution in [-0.4, -0.2) is 21.9 Å². The molecule has 0 saturated carbocycles. The van der Waals surface area contributed by atoms with Gasteiger partial charge in [-0.05, 0) is 35.9 Å².